The van der Waals surface area contributed by atoms with E-state index in [1.807, 2.05) is 48.5 Å². The zero-order chi connectivity index (χ0) is 14.8. The number of amides is 1. The van der Waals surface area contributed by atoms with Crippen molar-refractivity contribution in [3.63, 3.8) is 0 Å². The number of para-hydroxylation sites is 3. The third-order valence-electron chi connectivity index (χ3n) is 3.42. The largest absolute Gasteiger partial charge is 0.397 e. The van der Waals surface area contributed by atoms with E-state index >= 15 is 0 Å². The normalized spacial score (nSPS) is 10.5. The summed E-state index contributed by atoms with van der Waals surface area (Å²) < 4.78 is 0. The van der Waals surface area contributed by atoms with Crippen LogP contribution in [0.5, 0.6) is 0 Å². The van der Waals surface area contributed by atoms with Crippen LogP contribution in [0.4, 0.5) is 11.4 Å². The lowest BCUT2D eigenvalue weighted by Gasteiger charge is -2.18. The molecule has 0 aliphatic heterocycles. The minimum absolute atomic E-state index is 0.182. The fraction of sp³-hybridized carbons (Fsp3) is 0.0588. The smallest absolute Gasteiger partial charge is 0.276 e. The average molecular weight is 277 g/mol. The molecule has 0 spiro atoms. The van der Waals surface area contributed by atoms with E-state index < -0.39 is 0 Å². The van der Waals surface area contributed by atoms with Gasteiger partial charge in [-0.2, -0.15) is 0 Å². The number of aromatic nitrogens is 1. The lowest BCUT2D eigenvalue weighted by atomic mass is 10.2. The van der Waals surface area contributed by atoms with Gasteiger partial charge < -0.3 is 10.6 Å². The van der Waals surface area contributed by atoms with E-state index in [-0.39, 0.29) is 5.91 Å². The number of hydrogen-bond acceptors (Lipinski definition) is 3. The van der Waals surface area contributed by atoms with Gasteiger partial charge in [0.2, 0.25) is 0 Å². The first kappa shape index (κ1) is 13.1. The summed E-state index contributed by atoms with van der Waals surface area (Å²) >= 11 is 0. The molecule has 0 saturated carbocycles. The number of nitrogens with zero attached hydrogens (tertiary/aromatic N) is 2. The van der Waals surface area contributed by atoms with Crippen LogP contribution in [-0.2, 0) is 0 Å². The molecular weight excluding hydrogens is 262 g/mol. The highest BCUT2D eigenvalue weighted by molar-refractivity contribution is 6.06. The summed E-state index contributed by atoms with van der Waals surface area (Å²) in [6.45, 7) is 0. The van der Waals surface area contributed by atoms with Gasteiger partial charge in [-0.25, -0.2) is 4.98 Å². The molecule has 0 aliphatic rings. The van der Waals surface area contributed by atoms with E-state index in [9.17, 15) is 4.79 Å². The van der Waals surface area contributed by atoms with Gasteiger partial charge in [0, 0.05) is 12.4 Å². The standard InChI is InChI=1S/C17H15N3O/c1-20(16-9-5-3-7-13(16)18)17(21)15-11-10-12-6-2-4-8-14(12)19-15/h2-11H,18H2,1H3. The Morgan fingerprint density at radius 3 is 2.52 bits per heavy atom. The number of hydrogen-bond donors (Lipinski definition) is 1. The Labute approximate surface area is 122 Å². The maximum atomic E-state index is 12.5. The predicted octanol–water partition coefficient (Wildman–Crippen LogP) is 3.09. The Bertz CT molecular complexity index is 814. The molecule has 0 fully saturated rings. The van der Waals surface area contributed by atoms with Gasteiger partial charge in [0.1, 0.15) is 5.69 Å². The van der Waals surface area contributed by atoms with Crippen LogP contribution in [-0.4, -0.2) is 17.9 Å². The SMILES string of the molecule is CN(C(=O)c1ccc2ccccc2n1)c1ccccc1N. The van der Waals surface area contributed by atoms with Crippen LogP contribution < -0.4 is 10.6 Å². The molecule has 4 heteroatoms. The Morgan fingerprint density at radius 2 is 1.71 bits per heavy atom. The van der Waals surface area contributed by atoms with Gasteiger partial charge >= 0.3 is 0 Å². The van der Waals surface area contributed by atoms with E-state index in [0.717, 1.165) is 10.9 Å². The average Bonchev–Trinajstić information content (AvgIpc) is 2.53. The van der Waals surface area contributed by atoms with Crippen molar-refractivity contribution >= 4 is 28.2 Å². The monoisotopic (exact) mass is 277 g/mol. The lowest BCUT2D eigenvalue weighted by Crippen LogP contribution is -2.27. The molecule has 0 aliphatic carbocycles. The molecule has 0 radical (unpaired) electrons. The molecule has 0 bridgehead atoms. The number of nitrogens with two attached hydrogens (primary N) is 1. The summed E-state index contributed by atoms with van der Waals surface area (Å²) in [6.07, 6.45) is 0. The number of fused-ring (bicyclic) bond motifs is 1. The summed E-state index contributed by atoms with van der Waals surface area (Å²) in [5, 5.41) is 1.01. The second-order valence-corrected chi connectivity index (χ2v) is 4.81. The van der Waals surface area contributed by atoms with Crippen LogP contribution in [0.25, 0.3) is 10.9 Å². The minimum atomic E-state index is -0.182. The second kappa shape index (κ2) is 5.25. The van der Waals surface area contributed by atoms with Gasteiger partial charge in [-0.05, 0) is 24.3 Å². The number of pyridine rings is 1. The Morgan fingerprint density at radius 1 is 1.00 bits per heavy atom. The topological polar surface area (TPSA) is 59.2 Å². The molecule has 1 aromatic heterocycles. The molecule has 4 nitrogen and oxygen atoms in total. The quantitative estimate of drug-likeness (QED) is 0.732. The van der Waals surface area contributed by atoms with Crippen molar-refractivity contribution in [2.45, 2.75) is 0 Å². The molecule has 0 unspecified atom stereocenters. The number of carbonyl (C=O) groups excluding carboxylic acids is 1. The fourth-order valence-corrected chi connectivity index (χ4v) is 2.26. The second-order valence-electron chi connectivity index (χ2n) is 4.81. The third-order valence-corrected chi connectivity index (χ3v) is 3.42. The van der Waals surface area contributed by atoms with Crippen LogP contribution in [0.2, 0.25) is 0 Å². The van der Waals surface area contributed by atoms with Gasteiger partial charge in [0.05, 0.1) is 16.9 Å². The van der Waals surface area contributed by atoms with Crippen molar-refractivity contribution < 1.29 is 4.79 Å². The van der Waals surface area contributed by atoms with Crippen molar-refractivity contribution in [3.05, 3.63) is 66.4 Å². The summed E-state index contributed by atoms with van der Waals surface area (Å²) in [6, 6.07) is 18.6. The van der Waals surface area contributed by atoms with Gasteiger partial charge in [0.15, 0.2) is 0 Å². The highest BCUT2D eigenvalue weighted by Crippen LogP contribution is 2.23. The number of carbonyl (C=O) groups is 1. The van der Waals surface area contributed by atoms with Crippen molar-refractivity contribution in [1.29, 1.82) is 0 Å². The molecule has 21 heavy (non-hydrogen) atoms. The van der Waals surface area contributed by atoms with Crippen LogP contribution >= 0.6 is 0 Å². The fourth-order valence-electron chi connectivity index (χ4n) is 2.26. The number of nitrogen functional groups attached to an aromatic ring is 1. The van der Waals surface area contributed by atoms with Crippen LogP contribution in [0, 0.1) is 0 Å². The maximum Gasteiger partial charge on any atom is 0.276 e. The zero-order valence-corrected chi connectivity index (χ0v) is 11.7. The van der Waals surface area contributed by atoms with Gasteiger partial charge in [-0.3, -0.25) is 4.79 Å². The van der Waals surface area contributed by atoms with E-state index in [1.165, 1.54) is 4.90 Å². The van der Waals surface area contributed by atoms with E-state index in [2.05, 4.69) is 4.98 Å². The van der Waals surface area contributed by atoms with E-state index in [1.54, 1.807) is 19.2 Å². The highest BCUT2D eigenvalue weighted by Gasteiger charge is 2.16. The summed E-state index contributed by atoms with van der Waals surface area (Å²) in [7, 11) is 1.70. The number of benzene rings is 2. The van der Waals surface area contributed by atoms with Crippen LogP contribution in [0.3, 0.4) is 0 Å². The van der Waals surface area contributed by atoms with Crippen molar-refractivity contribution in [3.8, 4) is 0 Å². The van der Waals surface area contributed by atoms with Crippen molar-refractivity contribution in [2.75, 3.05) is 17.7 Å². The molecule has 3 rings (SSSR count). The number of anilines is 2. The van der Waals surface area contributed by atoms with E-state index in [0.29, 0.717) is 17.1 Å². The molecule has 3 aromatic rings. The molecule has 2 aromatic carbocycles. The van der Waals surface area contributed by atoms with Gasteiger partial charge in [-0.15, -0.1) is 0 Å². The Balaban J connectivity index is 1.98. The van der Waals surface area contributed by atoms with Crippen LogP contribution in [0.15, 0.2) is 60.7 Å². The van der Waals surface area contributed by atoms with Gasteiger partial charge in [-0.1, -0.05) is 36.4 Å². The van der Waals surface area contributed by atoms with Crippen molar-refractivity contribution in [1.82, 2.24) is 4.98 Å². The van der Waals surface area contributed by atoms with Crippen LogP contribution in [0.1, 0.15) is 10.5 Å². The van der Waals surface area contributed by atoms with Gasteiger partial charge in [0.25, 0.3) is 5.91 Å². The van der Waals surface area contributed by atoms with E-state index in [4.69, 9.17) is 5.73 Å². The first-order valence-electron chi connectivity index (χ1n) is 6.65. The molecule has 2 N–H and O–H groups in total. The maximum absolute atomic E-state index is 12.5. The highest BCUT2D eigenvalue weighted by atomic mass is 16.2. The first-order chi connectivity index (χ1) is 10.2. The Kier molecular flexibility index (Phi) is 3.28. The molecule has 0 saturated heterocycles. The molecule has 1 heterocycles. The molecule has 104 valence electrons. The zero-order valence-electron chi connectivity index (χ0n) is 11.7. The third kappa shape index (κ3) is 2.43. The molecular formula is C17H15N3O. The summed E-state index contributed by atoms with van der Waals surface area (Å²) in [5.41, 5.74) is 8.36. The summed E-state index contributed by atoms with van der Waals surface area (Å²) in [5.74, 6) is -0.182. The van der Waals surface area contributed by atoms with Crippen molar-refractivity contribution in [2.24, 2.45) is 0 Å². The summed E-state index contributed by atoms with van der Waals surface area (Å²) in [4.78, 5) is 18.5. The molecule has 1 amide bonds. The minimum Gasteiger partial charge on any atom is -0.397 e. The molecule has 0 atom stereocenters. The Hall–Kier alpha value is -2.88. The first-order valence-corrected chi connectivity index (χ1v) is 6.65. The lowest BCUT2D eigenvalue weighted by molar-refractivity contribution is 0.0988. The predicted molar refractivity (Wildman–Crippen MR) is 85.3 cm³/mol. The number of rotatable bonds is 2.